The minimum Gasteiger partial charge on any atom is -0.356 e. The summed E-state index contributed by atoms with van der Waals surface area (Å²) in [6.07, 6.45) is 3.67. The highest BCUT2D eigenvalue weighted by molar-refractivity contribution is 5.88. The van der Waals surface area contributed by atoms with E-state index in [9.17, 15) is 20.2 Å². The van der Waals surface area contributed by atoms with Crippen LogP contribution in [0.15, 0.2) is 24.3 Å². The molecule has 0 bridgehead atoms. The summed E-state index contributed by atoms with van der Waals surface area (Å²) in [5, 5.41) is 24.1. The average Bonchev–Trinajstić information content (AvgIpc) is 3.52. The van der Waals surface area contributed by atoms with Gasteiger partial charge in [-0.2, -0.15) is 5.26 Å². The fourth-order valence-corrected chi connectivity index (χ4v) is 3.49. The van der Waals surface area contributed by atoms with E-state index < -0.39 is 4.92 Å². The van der Waals surface area contributed by atoms with Crippen LogP contribution in [-0.2, 0) is 4.79 Å². The zero-order chi connectivity index (χ0) is 19.0. The Morgan fingerprint density at radius 1 is 1.26 bits per heavy atom. The summed E-state index contributed by atoms with van der Waals surface area (Å²) in [7, 11) is 0. The van der Waals surface area contributed by atoms with Gasteiger partial charge in [-0.05, 0) is 37.8 Å². The van der Waals surface area contributed by atoms with E-state index in [1.165, 1.54) is 12.1 Å². The second kappa shape index (κ2) is 6.83. The first kappa shape index (κ1) is 17.2. The van der Waals surface area contributed by atoms with Crippen molar-refractivity contribution >= 4 is 28.3 Å². The third-order valence-electron chi connectivity index (χ3n) is 5.22. The SMILES string of the molecule is N#Cc1cc(N2CCC(NC(=O)C3CC3)CC2)nc2ccc([N+](=O)[O-])cc12. The lowest BCUT2D eigenvalue weighted by atomic mass is 10.0. The molecule has 0 spiro atoms. The van der Waals surface area contributed by atoms with Crippen LogP contribution in [0.1, 0.15) is 31.2 Å². The van der Waals surface area contributed by atoms with Gasteiger partial charge in [-0.1, -0.05) is 0 Å². The molecule has 2 aliphatic rings. The van der Waals surface area contributed by atoms with Gasteiger partial charge >= 0.3 is 0 Å². The van der Waals surface area contributed by atoms with E-state index in [0.29, 0.717) is 22.3 Å². The van der Waals surface area contributed by atoms with Crippen molar-refractivity contribution in [2.75, 3.05) is 18.0 Å². The van der Waals surface area contributed by atoms with Gasteiger partial charge in [-0.15, -0.1) is 0 Å². The maximum Gasteiger partial charge on any atom is 0.270 e. The minimum absolute atomic E-state index is 0.0548. The van der Waals surface area contributed by atoms with Crippen LogP contribution in [0.25, 0.3) is 10.9 Å². The standard InChI is InChI=1S/C19H19N5O3/c20-11-13-9-18(22-17-4-3-15(24(26)27)10-16(13)17)23-7-5-14(6-8-23)21-19(25)12-1-2-12/h3-4,9-10,12,14H,1-2,5-8H2,(H,21,25). The number of benzene rings is 1. The highest BCUT2D eigenvalue weighted by atomic mass is 16.6. The van der Waals surface area contributed by atoms with Crippen molar-refractivity contribution in [2.24, 2.45) is 5.92 Å². The Labute approximate surface area is 155 Å². The topological polar surface area (TPSA) is 112 Å². The van der Waals surface area contributed by atoms with Gasteiger partial charge in [0.1, 0.15) is 5.82 Å². The number of nitrogens with one attached hydrogen (secondary N) is 1. The Morgan fingerprint density at radius 2 is 2.00 bits per heavy atom. The van der Waals surface area contributed by atoms with E-state index in [2.05, 4.69) is 21.3 Å². The summed E-state index contributed by atoms with van der Waals surface area (Å²) < 4.78 is 0. The van der Waals surface area contributed by atoms with Crippen molar-refractivity contribution in [1.82, 2.24) is 10.3 Å². The smallest absolute Gasteiger partial charge is 0.270 e. The highest BCUT2D eigenvalue weighted by Gasteiger charge is 2.32. The molecule has 1 N–H and O–H groups in total. The molecular weight excluding hydrogens is 346 g/mol. The zero-order valence-electron chi connectivity index (χ0n) is 14.7. The van der Waals surface area contributed by atoms with Crippen molar-refractivity contribution in [3.8, 4) is 6.07 Å². The molecule has 8 nitrogen and oxygen atoms in total. The van der Waals surface area contributed by atoms with Gasteiger partial charge in [0.15, 0.2) is 0 Å². The molecule has 1 saturated heterocycles. The molecule has 1 aliphatic heterocycles. The molecule has 138 valence electrons. The van der Waals surface area contributed by atoms with Crippen molar-refractivity contribution in [3.05, 3.63) is 39.9 Å². The third-order valence-corrected chi connectivity index (χ3v) is 5.22. The lowest BCUT2D eigenvalue weighted by Gasteiger charge is -2.33. The predicted molar refractivity (Wildman–Crippen MR) is 99.2 cm³/mol. The molecule has 0 radical (unpaired) electrons. The Kier molecular flexibility index (Phi) is 4.36. The van der Waals surface area contributed by atoms with Gasteiger partial charge in [0.2, 0.25) is 5.91 Å². The summed E-state index contributed by atoms with van der Waals surface area (Å²) in [6.45, 7) is 1.48. The van der Waals surface area contributed by atoms with E-state index in [1.54, 1.807) is 12.1 Å². The molecule has 4 rings (SSSR count). The number of anilines is 1. The molecule has 0 unspecified atom stereocenters. The summed E-state index contributed by atoms with van der Waals surface area (Å²) in [5.41, 5.74) is 0.891. The molecule has 1 aromatic heterocycles. The van der Waals surface area contributed by atoms with E-state index in [0.717, 1.165) is 38.8 Å². The van der Waals surface area contributed by atoms with Gasteiger partial charge in [0.05, 0.1) is 22.1 Å². The number of nitrogens with zero attached hydrogens (tertiary/aromatic N) is 4. The Morgan fingerprint density at radius 3 is 2.63 bits per heavy atom. The largest absolute Gasteiger partial charge is 0.356 e. The van der Waals surface area contributed by atoms with Crippen LogP contribution in [0.5, 0.6) is 0 Å². The molecule has 2 fully saturated rings. The number of nitriles is 1. The molecule has 8 heteroatoms. The number of amides is 1. The zero-order valence-corrected chi connectivity index (χ0v) is 14.7. The number of fused-ring (bicyclic) bond motifs is 1. The first-order valence-corrected chi connectivity index (χ1v) is 9.10. The number of piperidine rings is 1. The molecule has 1 saturated carbocycles. The van der Waals surface area contributed by atoms with Gasteiger partial charge in [-0.3, -0.25) is 14.9 Å². The first-order valence-electron chi connectivity index (χ1n) is 9.10. The number of hydrogen-bond acceptors (Lipinski definition) is 6. The normalized spacial score (nSPS) is 17.5. The maximum atomic E-state index is 11.9. The summed E-state index contributed by atoms with van der Waals surface area (Å²) >= 11 is 0. The lowest BCUT2D eigenvalue weighted by Crippen LogP contribution is -2.45. The number of nitro groups is 1. The third kappa shape index (κ3) is 3.53. The van der Waals surface area contributed by atoms with Gasteiger partial charge in [0, 0.05) is 42.6 Å². The minimum atomic E-state index is -0.477. The van der Waals surface area contributed by atoms with Crippen LogP contribution >= 0.6 is 0 Å². The number of rotatable bonds is 4. The monoisotopic (exact) mass is 365 g/mol. The van der Waals surface area contributed by atoms with Crippen molar-refractivity contribution < 1.29 is 9.72 Å². The van der Waals surface area contributed by atoms with Crippen LogP contribution in [0.3, 0.4) is 0 Å². The van der Waals surface area contributed by atoms with Crippen molar-refractivity contribution in [2.45, 2.75) is 31.7 Å². The van der Waals surface area contributed by atoms with E-state index in [1.807, 2.05) is 0 Å². The quantitative estimate of drug-likeness (QED) is 0.658. The maximum absolute atomic E-state index is 11.9. The number of carbonyl (C=O) groups is 1. The second-order valence-electron chi connectivity index (χ2n) is 7.14. The number of aromatic nitrogens is 1. The highest BCUT2D eigenvalue weighted by Crippen LogP contribution is 2.30. The van der Waals surface area contributed by atoms with E-state index >= 15 is 0 Å². The molecule has 2 heterocycles. The number of nitro benzene ring substituents is 1. The number of hydrogen-bond donors (Lipinski definition) is 1. The average molecular weight is 365 g/mol. The van der Waals surface area contributed by atoms with Crippen LogP contribution < -0.4 is 10.2 Å². The molecule has 1 aliphatic carbocycles. The molecular formula is C19H19N5O3. The predicted octanol–water partition coefficient (Wildman–Crippen LogP) is 2.51. The summed E-state index contributed by atoms with van der Waals surface area (Å²) in [4.78, 5) is 29.1. The molecule has 0 atom stereocenters. The van der Waals surface area contributed by atoms with Gasteiger partial charge < -0.3 is 10.2 Å². The number of carbonyl (C=O) groups excluding carboxylic acids is 1. The Hall–Kier alpha value is -3.21. The summed E-state index contributed by atoms with van der Waals surface area (Å²) in [6, 6.07) is 8.38. The fourth-order valence-electron chi connectivity index (χ4n) is 3.49. The summed E-state index contributed by atoms with van der Waals surface area (Å²) in [5.74, 6) is 1.08. The van der Waals surface area contributed by atoms with E-state index in [4.69, 9.17) is 0 Å². The van der Waals surface area contributed by atoms with E-state index in [-0.39, 0.29) is 23.6 Å². The van der Waals surface area contributed by atoms with Crippen LogP contribution in [0, 0.1) is 27.4 Å². The van der Waals surface area contributed by atoms with Crippen molar-refractivity contribution in [1.29, 1.82) is 5.26 Å². The van der Waals surface area contributed by atoms with Gasteiger partial charge in [-0.25, -0.2) is 4.98 Å². The number of pyridine rings is 1. The Bertz CT molecular complexity index is 956. The molecule has 1 amide bonds. The second-order valence-corrected chi connectivity index (χ2v) is 7.14. The first-order chi connectivity index (χ1) is 13.0. The van der Waals surface area contributed by atoms with Gasteiger partial charge in [0.25, 0.3) is 5.69 Å². The van der Waals surface area contributed by atoms with Crippen LogP contribution in [0.2, 0.25) is 0 Å². The fraction of sp³-hybridized carbons (Fsp3) is 0.421. The molecule has 27 heavy (non-hydrogen) atoms. The van der Waals surface area contributed by atoms with Crippen molar-refractivity contribution in [3.63, 3.8) is 0 Å². The lowest BCUT2D eigenvalue weighted by molar-refractivity contribution is -0.384. The number of non-ortho nitro benzene ring substituents is 1. The van der Waals surface area contributed by atoms with Crippen LogP contribution in [0.4, 0.5) is 11.5 Å². The molecule has 2 aromatic rings. The Balaban J connectivity index is 1.52. The molecule has 1 aromatic carbocycles. The van der Waals surface area contributed by atoms with Crippen LogP contribution in [-0.4, -0.2) is 34.9 Å².